The summed E-state index contributed by atoms with van der Waals surface area (Å²) in [7, 11) is 0. The first-order valence-corrected chi connectivity index (χ1v) is 7.57. The largest absolute Gasteiger partial charge is 0.393 e. The summed E-state index contributed by atoms with van der Waals surface area (Å²) in [5.41, 5.74) is 0.239. The molecule has 0 N–H and O–H groups in total. The Morgan fingerprint density at radius 3 is 1.22 bits per heavy atom. The smallest absolute Gasteiger partial charge is 0.387 e. The first kappa shape index (κ1) is 19.3. The van der Waals surface area contributed by atoms with Gasteiger partial charge in [0, 0.05) is 11.1 Å². The van der Waals surface area contributed by atoms with Crippen molar-refractivity contribution in [3.63, 3.8) is 0 Å². The summed E-state index contributed by atoms with van der Waals surface area (Å²) in [5, 5.41) is 0. The second-order valence-corrected chi connectivity index (χ2v) is 5.02. The predicted octanol–water partition coefficient (Wildman–Crippen LogP) is 2.80. The van der Waals surface area contributed by atoms with E-state index in [1.807, 2.05) is 0 Å². The molecule has 136 valence electrons. The molecule has 0 saturated carbocycles. The molecule has 0 unspecified atom stereocenters. The molecule has 0 radical (unpaired) electrons. The molecule has 0 aliphatic carbocycles. The highest BCUT2D eigenvalue weighted by atomic mass is 16.8. The Morgan fingerprint density at radius 2 is 0.889 bits per heavy atom. The van der Waals surface area contributed by atoms with Crippen LogP contribution in [0.25, 0.3) is 0 Å². The highest BCUT2D eigenvalue weighted by Gasteiger charge is 2.22. The Labute approximate surface area is 154 Å². The number of benzene rings is 2. The van der Waals surface area contributed by atoms with Crippen LogP contribution in [0.4, 0.5) is 0 Å². The van der Waals surface area contributed by atoms with Crippen LogP contribution in [0.3, 0.4) is 0 Å². The summed E-state index contributed by atoms with van der Waals surface area (Å²) >= 11 is 0. The summed E-state index contributed by atoms with van der Waals surface area (Å²) in [6, 6.07) is 15.4. The number of carbonyl (C=O) groups excluding carboxylic acids is 4. The highest BCUT2D eigenvalue weighted by molar-refractivity contribution is 6.41. The zero-order chi connectivity index (χ0) is 19.8. The number of ketones is 2. The third kappa shape index (κ3) is 5.50. The molecule has 2 aromatic rings. The van der Waals surface area contributed by atoms with Gasteiger partial charge >= 0.3 is 11.9 Å². The van der Waals surface area contributed by atoms with Crippen molar-refractivity contribution in [3.05, 3.63) is 96.8 Å². The van der Waals surface area contributed by atoms with Gasteiger partial charge in [-0.3, -0.25) is 9.59 Å². The normalized spacial score (nSPS) is 9.63. The van der Waals surface area contributed by atoms with E-state index in [1.54, 1.807) is 36.4 Å². The van der Waals surface area contributed by atoms with E-state index < -0.39 is 35.4 Å². The second-order valence-electron chi connectivity index (χ2n) is 5.02. The molecular formula is C20H14O7. The lowest BCUT2D eigenvalue weighted by Crippen LogP contribution is -2.20. The molecule has 0 atom stereocenters. The lowest BCUT2D eigenvalue weighted by atomic mass is 10.1. The van der Waals surface area contributed by atoms with E-state index in [0.717, 1.165) is 0 Å². The summed E-state index contributed by atoms with van der Waals surface area (Å²) in [6.45, 7) is 6.53. The molecule has 7 nitrogen and oxygen atoms in total. The van der Waals surface area contributed by atoms with E-state index in [4.69, 9.17) is 4.74 Å². The number of ether oxygens (including phenoxy) is 3. The van der Waals surface area contributed by atoms with E-state index in [-0.39, 0.29) is 11.1 Å². The number of rotatable bonds is 8. The Kier molecular flexibility index (Phi) is 6.38. The van der Waals surface area contributed by atoms with Gasteiger partial charge in [-0.2, -0.15) is 0 Å². The zero-order valence-electron chi connectivity index (χ0n) is 14.0. The van der Waals surface area contributed by atoms with E-state index in [0.29, 0.717) is 0 Å². The van der Waals surface area contributed by atoms with Gasteiger partial charge in [-0.1, -0.05) is 60.7 Å². The van der Waals surface area contributed by atoms with Crippen LogP contribution in [0, 0.1) is 0 Å². The average molecular weight is 366 g/mol. The summed E-state index contributed by atoms with van der Waals surface area (Å²) in [5.74, 6) is -5.61. The Bertz CT molecular complexity index is 823. The second kappa shape index (κ2) is 8.91. The van der Waals surface area contributed by atoms with E-state index in [9.17, 15) is 19.2 Å². The fraction of sp³-hybridized carbons (Fsp3) is 0. The van der Waals surface area contributed by atoms with Crippen molar-refractivity contribution in [2.45, 2.75) is 0 Å². The van der Waals surface area contributed by atoms with Crippen LogP contribution in [0.5, 0.6) is 0 Å². The Hall–Kier alpha value is -4.00. The van der Waals surface area contributed by atoms with E-state index >= 15 is 0 Å². The molecule has 0 amide bonds. The van der Waals surface area contributed by atoms with Crippen molar-refractivity contribution in [1.29, 1.82) is 0 Å². The minimum atomic E-state index is -1.24. The molecule has 0 heterocycles. The monoisotopic (exact) mass is 366 g/mol. The van der Waals surface area contributed by atoms with Crippen molar-refractivity contribution in [2.24, 2.45) is 0 Å². The molecule has 0 aromatic heterocycles. The van der Waals surface area contributed by atoms with Gasteiger partial charge in [-0.15, -0.1) is 0 Å². The third-order valence-corrected chi connectivity index (χ3v) is 3.08. The fourth-order valence-electron chi connectivity index (χ4n) is 1.88. The third-order valence-electron chi connectivity index (χ3n) is 3.08. The molecule has 0 fully saturated rings. The van der Waals surface area contributed by atoms with Crippen LogP contribution in [0.2, 0.25) is 0 Å². The molecule has 0 saturated heterocycles. The molecule has 0 aliphatic heterocycles. The van der Waals surface area contributed by atoms with Gasteiger partial charge in [-0.25, -0.2) is 9.59 Å². The van der Waals surface area contributed by atoms with Gasteiger partial charge in [0.05, 0.1) is 0 Å². The first-order valence-electron chi connectivity index (χ1n) is 7.57. The quantitative estimate of drug-likeness (QED) is 0.307. The van der Waals surface area contributed by atoms with Gasteiger partial charge < -0.3 is 14.2 Å². The van der Waals surface area contributed by atoms with Gasteiger partial charge in [0.25, 0.3) is 23.5 Å². The number of hydrogen-bond acceptors (Lipinski definition) is 7. The summed E-state index contributed by atoms with van der Waals surface area (Å²) in [6.07, 6.45) is 0. The number of Topliss-reactive ketones (excluding diaryl/α,β-unsaturated/α-hetero) is 2. The van der Waals surface area contributed by atoms with Crippen LogP contribution in [-0.2, 0) is 23.8 Å². The number of hydrogen-bond donors (Lipinski definition) is 0. The molecule has 0 bridgehead atoms. The van der Waals surface area contributed by atoms with Crippen LogP contribution < -0.4 is 0 Å². The van der Waals surface area contributed by atoms with Gasteiger partial charge in [0.15, 0.2) is 0 Å². The Morgan fingerprint density at radius 1 is 0.556 bits per heavy atom. The summed E-state index contributed by atoms with van der Waals surface area (Å²) in [4.78, 5) is 47.2. The van der Waals surface area contributed by atoms with Crippen LogP contribution in [0.15, 0.2) is 85.7 Å². The minimum Gasteiger partial charge on any atom is -0.393 e. The molecular weight excluding hydrogens is 352 g/mol. The van der Waals surface area contributed by atoms with E-state index in [1.165, 1.54) is 24.3 Å². The summed E-state index contributed by atoms with van der Waals surface area (Å²) < 4.78 is 14.0. The van der Waals surface area contributed by atoms with Crippen molar-refractivity contribution in [1.82, 2.24) is 0 Å². The van der Waals surface area contributed by atoms with Crippen molar-refractivity contribution >= 4 is 23.5 Å². The minimum absolute atomic E-state index is 0.119. The molecule has 2 rings (SSSR count). The lowest BCUT2D eigenvalue weighted by molar-refractivity contribution is -0.144. The molecule has 27 heavy (non-hydrogen) atoms. The highest BCUT2D eigenvalue weighted by Crippen LogP contribution is 2.10. The maximum absolute atomic E-state index is 11.9. The fourth-order valence-corrected chi connectivity index (χ4v) is 1.88. The molecule has 7 heteroatoms. The maximum Gasteiger partial charge on any atom is 0.387 e. The van der Waals surface area contributed by atoms with Crippen molar-refractivity contribution in [2.75, 3.05) is 0 Å². The van der Waals surface area contributed by atoms with Gasteiger partial charge in [-0.05, 0) is 13.2 Å². The predicted molar refractivity (Wildman–Crippen MR) is 93.1 cm³/mol. The van der Waals surface area contributed by atoms with Gasteiger partial charge in [0.1, 0.15) is 0 Å². The first-order chi connectivity index (χ1) is 12.9. The van der Waals surface area contributed by atoms with Crippen LogP contribution >= 0.6 is 0 Å². The van der Waals surface area contributed by atoms with Crippen molar-refractivity contribution in [3.8, 4) is 0 Å². The van der Waals surface area contributed by atoms with E-state index in [2.05, 4.69) is 22.6 Å². The number of esters is 2. The van der Waals surface area contributed by atoms with Crippen LogP contribution in [-0.4, -0.2) is 23.5 Å². The average Bonchev–Trinajstić information content (AvgIpc) is 2.67. The standard InChI is InChI=1S/C20H14O7/c1-13(26-19(23)17(21)15-9-5-3-6-10-15)25-14(2)27-20(24)18(22)16-11-7-4-8-12-16/h3-12H,1-2H2. The molecule has 2 aromatic carbocycles. The molecule has 0 aliphatic rings. The topological polar surface area (TPSA) is 96.0 Å². The van der Waals surface area contributed by atoms with Crippen molar-refractivity contribution < 1.29 is 33.4 Å². The zero-order valence-corrected chi connectivity index (χ0v) is 14.0. The lowest BCUT2D eigenvalue weighted by Gasteiger charge is -2.10. The molecule has 0 spiro atoms. The maximum atomic E-state index is 11.9. The van der Waals surface area contributed by atoms with Crippen LogP contribution in [0.1, 0.15) is 20.7 Å². The SMILES string of the molecule is C=C(OC(=C)OC(=O)C(=O)c1ccccc1)OC(=O)C(=O)c1ccccc1. The van der Waals surface area contributed by atoms with Gasteiger partial charge in [0.2, 0.25) is 0 Å². The number of carbonyl (C=O) groups is 4. The Balaban J connectivity index is 1.85.